The van der Waals surface area contributed by atoms with Gasteiger partial charge in [-0.2, -0.15) is 0 Å². The minimum absolute atomic E-state index is 0. The van der Waals surface area contributed by atoms with E-state index in [1.165, 1.54) is 12.1 Å². The Balaban J connectivity index is 0.00000364. The number of carbonyl (C=O) groups is 2. The quantitative estimate of drug-likeness (QED) is 0.774. The second kappa shape index (κ2) is 9.52. The number of hydrogen-bond donors (Lipinski definition) is 1. The number of sulfone groups is 1. The smallest absolute Gasteiger partial charge is 0.254 e. The lowest BCUT2D eigenvalue weighted by Gasteiger charge is -2.36. The van der Waals surface area contributed by atoms with Crippen molar-refractivity contribution in [3.8, 4) is 0 Å². The van der Waals surface area contributed by atoms with Crippen LogP contribution in [0, 0.1) is 5.92 Å². The van der Waals surface area contributed by atoms with Crippen LogP contribution in [0.25, 0.3) is 0 Å². The van der Waals surface area contributed by atoms with Gasteiger partial charge in [-0.25, -0.2) is 8.42 Å². The predicted molar refractivity (Wildman–Crippen MR) is 107 cm³/mol. The number of nitrogens with zero attached hydrogens (tertiary/aromatic N) is 2. The van der Waals surface area contributed by atoms with Gasteiger partial charge >= 0.3 is 0 Å². The van der Waals surface area contributed by atoms with Gasteiger partial charge in [-0.1, -0.05) is 26.3 Å². The molecule has 152 valence electrons. The first-order chi connectivity index (χ1) is 12.1. The number of nitrogens with two attached hydrogens (primary N) is 1. The molecular formula is C18H28ClN3O4S. The maximum atomic E-state index is 12.6. The van der Waals surface area contributed by atoms with Crippen LogP contribution in [0.2, 0.25) is 0 Å². The maximum Gasteiger partial charge on any atom is 0.254 e. The van der Waals surface area contributed by atoms with E-state index in [4.69, 9.17) is 5.73 Å². The van der Waals surface area contributed by atoms with Gasteiger partial charge in [0.05, 0.1) is 10.9 Å². The molecule has 1 aromatic rings. The van der Waals surface area contributed by atoms with Gasteiger partial charge < -0.3 is 15.5 Å². The number of rotatable bonds is 5. The maximum absolute atomic E-state index is 12.6. The Morgan fingerprint density at radius 1 is 1.15 bits per heavy atom. The van der Waals surface area contributed by atoms with E-state index < -0.39 is 15.9 Å². The fraction of sp³-hybridized carbons (Fsp3) is 0.556. The van der Waals surface area contributed by atoms with Crippen LogP contribution in [0.4, 0.5) is 0 Å². The molecule has 1 fully saturated rings. The summed E-state index contributed by atoms with van der Waals surface area (Å²) in [6.45, 7) is 5.62. The van der Waals surface area contributed by atoms with Gasteiger partial charge in [0.1, 0.15) is 0 Å². The largest absolute Gasteiger partial charge is 0.338 e. The molecule has 1 heterocycles. The van der Waals surface area contributed by atoms with Gasteiger partial charge in [-0.15, -0.1) is 12.4 Å². The Morgan fingerprint density at radius 3 is 2.22 bits per heavy atom. The normalized spacial score (nSPS) is 17.0. The summed E-state index contributed by atoms with van der Waals surface area (Å²) in [6, 6.07) is 5.52. The zero-order chi connectivity index (χ0) is 19.5. The number of piperazine rings is 1. The molecule has 2 unspecified atom stereocenters. The molecule has 0 aliphatic carbocycles. The number of hydrogen-bond acceptors (Lipinski definition) is 5. The SMILES string of the molecule is CCC(C)C(N)C(=O)N1CCN(C(=O)c2cccc(S(C)(=O)=O)c2)CC1.Cl. The number of carbonyl (C=O) groups excluding carboxylic acids is 2. The highest BCUT2D eigenvalue weighted by molar-refractivity contribution is 7.90. The third-order valence-electron chi connectivity index (χ3n) is 4.93. The van der Waals surface area contributed by atoms with Crippen LogP contribution in [0.3, 0.4) is 0 Å². The van der Waals surface area contributed by atoms with E-state index in [0.29, 0.717) is 31.7 Å². The Hall–Kier alpha value is -1.64. The first-order valence-electron chi connectivity index (χ1n) is 8.79. The molecule has 2 rings (SSSR count). The third-order valence-corrected chi connectivity index (χ3v) is 6.04. The highest BCUT2D eigenvalue weighted by Gasteiger charge is 2.29. The first kappa shape index (κ1) is 23.4. The molecule has 1 aromatic carbocycles. The molecule has 9 heteroatoms. The number of amides is 2. The highest BCUT2D eigenvalue weighted by atomic mass is 35.5. The molecule has 2 atom stereocenters. The van der Waals surface area contributed by atoms with E-state index >= 15 is 0 Å². The van der Waals surface area contributed by atoms with Crippen molar-refractivity contribution in [3.05, 3.63) is 29.8 Å². The summed E-state index contributed by atoms with van der Waals surface area (Å²) in [6.07, 6.45) is 1.95. The Morgan fingerprint density at radius 2 is 1.70 bits per heavy atom. The molecule has 2 N–H and O–H groups in total. The molecule has 0 radical (unpaired) electrons. The minimum Gasteiger partial charge on any atom is -0.338 e. The fourth-order valence-electron chi connectivity index (χ4n) is 2.88. The average molecular weight is 418 g/mol. The van der Waals surface area contributed by atoms with E-state index in [-0.39, 0.29) is 35.0 Å². The van der Waals surface area contributed by atoms with Crippen LogP contribution in [0.1, 0.15) is 30.6 Å². The Bertz CT molecular complexity index is 777. The number of benzene rings is 1. The highest BCUT2D eigenvalue weighted by Crippen LogP contribution is 2.16. The van der Waals surface area contributed by atoms with Crippen LogP contribution in [0.5, 0.6) is 0 Å². The molecule has 0 saturated carbocycles. The summed E-state index contributed by atoms with van der Waals surface area (Å²) >= 11 is 0. The first-order valence-corrected chi connectivity index (χ1v) is 10.7. The van der Waals surface area contributed by atoms with Crippen molar-refractivity contribution in [3.63, 3.8) is 0 Å². The van der Waals surface area contributed by atoms with Crippen molar-refractivity contribution in [1.82, 2.24) is 9.80 Å². The van der Waals surface area contributed by atoms with Gasteiger partial charge in [0, 0.05) is 38.0 Å². The molecule has 0 spiro atoms. The molecule has 1 aliphatic heterocycles. The van der Waals surface area contributed by atoms with Crippen LogP contribution >= 0.6 is 12.4 Å². The zero-order valence-corrected chi connectivity index (χ0v) is 17.6. The van der Waals surface area contributed by atoms with Gasteiger partial charge in [0.25, 0.3) is 5.91 Å². The standard InChI is InChI=1S/C18H27N3O4S.ClH/c1-4-13(2)16(19)18(23)21-10-8-20(9-11-21)17(22)14-6-5-7-15(12-14)26(3,24)25;/h5-7,12-13,16H,4,8-11,19H2,1-3H3;1H. The lowest BCUT2D eigenvalue weighted by atomic mass is 9.98. The van der Waals surface area contributed by atoms with E-state index in [1.807, 2.05) is 13.8 Å². The molecule has 0 aromatic heterocycles. The average Bonchev–Trinajstić information content (AvgIpc) is 2.65. The van der Waals surface area contributed by atoms with Gasteiger partial charge in [0.15, 0.2) is 9.84 Å². The number of halogens is 1. The fourth-order valence-corrected chi connectivity index (χ4v) is 3.55. The Kier molecular flexibility index (Phi) is 8.25. The van der Waals surface area contributed by atoms with E-state index in [0.717, 1.165) is 12.7 Å². The molecule has 2 amide bonds. The van der Waals surface area contributed by atoms with Crippen molar-refractivity contribution < 1.29 is 18.0 Å². The molecule has 0 bridgehead atoms. The minimum atomic E-state index is -3.37. The summed E-state index contributed by atoms with van der Waals surface area (Å²) in [5.74, 6) is -0.194. The van der Waals surface area contributed by atoms with Crippen molar-refractivity contribution in [2.75, 3.05) is 32.4 Å². The molecule has 7 nitrogen and oxygen atoms in total. The van der Waals surface area contributed by atoms with E-state index in [1.54, 1.807) is 21.9 Å². The second-order valence-electron chi connectivity index (χ2n) is 6.83. The van der Waals surface area contributed by atoms with Crippen LogP contribution in [0.15, 0.2) is 29.2 Å². The summed E-state index contributed by atoms with van der Waals surface area (Å²) in [7, 11) is -3.37. The van der Waals surface area contributed by atoms with E-state index in [2.05, 4.69) is 0 Å². The van der Waals surface area contributed by atoms with Crippen LogP contribution < -0.4 is 5.73 Å². The molecule has 27 heavy (non-hydrogen) atoms. The van der Waals surface area contributed by atoms with Gasteiger partial charge in [-0.3, -0.25) is 9.59 Å². The van der Waals surface area contributed by atoms with Gasteiger partial charge in [0.2, 0.25) is 5.91 Å². The summed E-state index contributed by atoms with van der Waals surface area (Å²) in [5.41, 5.74) is 6.35. The lowest BCUT2D eigenvalue weighted by Crippen LogP contribution is -2.55. The van der Waals surface area contributed by atoms with Crippen molar-refractivity contribution in [2.24, 2.45) is 11.7 Å². The predicted octanol–water partition coefficient (Wildman–Crippen LogP) is 1.17. The zero-order valence-electron chi connectivity index (χ0n) is 15.9. The monoisotopic (exact) mass is 417 g/mol. The summed E-state index contributed by atoms with van der Waals surface area (Å²) in [4.78, 5) is 28.5. The lowest BCUT2D eigenvalue weighted by molar-refractivity contribution is -0.135. The van der Waals surface area contributed by atoms with Crippen molar-refractivity contribution in [2.45, 2.75) is 31.2 Å². The van der Waals surface area contributed by atoms with Crippen molar-refractivity contribution in [1.29, 1.82) is 0 Å². The molecular weight excluding hydrogens is 390 g/mol. The summed E-state index contributed by atoms with van der Waals surface area (Å²) < 4.78 is 23.3. The van der Waals surface area contributed by atoms with Crippen LogP contribution in [-0.4, -0.2) is 68.5 Å². The van der Waals surface area contributed by atoms with E-state index in [9.17, 15) is 18.0 Å². The topological polar surface area (TPSA) is 101 Å². The molecule has 1 saturated heterocycles. The van der Waals surface area contributed by atoms with Gasteiger partial charge in [-0.05, 0) is 24.1 Å². The third kappa shape index (κ3) is 5.67. The second-order valence-corrected chi connectivity index (χ2v) is 8.84. The Labute approximate surface area is 167 Å². The molecule has 1 aliphatic rings. The van der Waals surface area contributed by atoms with Crippen LogP contribution in [-0.2, 0) is 14.6 Å². The summed E-state index contributed by atoms with van der Waals surface area (Å²) in [5, 5.41) is 0. The van der Waals surface area contributed by atoms with Crippen molar-refractivity contribution >= 4 is 34.1 Å².